The third-order valence-electron chi connectivity index (χ3n) is 6.85. The van der Waals surface area contributed by atoms with Gasteiger partial charge in [-0.15, -0.1) is 11.3 Å². The van der Waals surface area contributed by atoms with Gasteiger partial charge in [0, 0.05) is 10.8 Å². The smallest absolute Gasteiger partial charge is 0.260 e. The molecular weight excluding hydrogens is 437 g/mol. The molecule has 0 atom stereocenters. The molecule has 3 nitrogen and oxygen atoms in total. The van der Waals surface area contributed by atoms with Crippen molar-refractivity contribution >= 4 is 55.4 Å². The van der Waals surface area contributed by atoms with Gasteiger partial charge in [0.15, 0.2) is 0 Å². The van der Waals surface area contributed by atoms with Crippen LogP contribution in [0, 0.1) is 0 Å². The SMILES string of the molecule is c1ccc2c(c1)Oc1ccc(-c3nc4ccc5ccccc5c4s3)c3c1B2c1ccccc1O3. The van der Waals surface area contributed by atoms with Crippen molar-refractivity contribution in [2.45, 2.75) is 0 Å². The van der Waals surface area contributed by atoms with E-state index in [0.29, 0.717) is 0 Å². The van der Waals surface area contributed by atoms with Gasteiger partial charge in [-0.05, 0) is 46.6 Å². The molecule has 0 amide bonds. The highest BCUT2D eigenvalue weighted by Crippen LogP contribution is 2.43. The largest absolute Gasteiger partial charge is 0.458 e. The van der Waals surface area contributed by atoms with Crippen molar-refractivity contribution in [2.75, 3.05) is 0 Å². The highest BCUT2D eigenvalue weighted by atomic mass is 32.1. The van der Waals surface area contributed by atoms with Gasteiger partial charge in [-0.25, -0.2) is 4.98 Å². The summed E-state index contributed by atoms with van der Waals surface area (Å²) in [6.45, 7) is 0.0649. The number of ether oxygens (including phenoxy) is 2. The quantitative estimate of drug-likeness (QED) is 0.293. The summed E-state index contributed by atoms with van der Waals surface area (Å²) in [5.74, 6) is 3.49. The zero-order chi connectivity index (χ0) is 22.2. The van der Waals surface area contributed by atoms with E-state index in [9.17, 15) is 0 Å². The van der Waals surface area contributed by atoms with Gasteiger partial charge in [-0.2, -0.15) is 0 Å². The van der Waals surface area contributed by atoms with Crippen molar-refractivity contribution in [3.8, 4) is 33.6 Å². The Morgan fingerprint density at radius 1 is 0.647 bits per heavy atom. The lowest BCUT2D eigenvalue weighted by molar-refractivity contribution is 0.465. The van der Waals surface area contributed by atoms with E-state index in [1.54, 1.807) is 11.3 Å². The first-order valence-corrected chi connectivity index (χ1v) is 12.2. The first-order valence-electron chi connectivity index (χ1n) is 11.3. The maximum Gasteiger partial charge on any atom is 0.260 e. The molecule has 0 spiro atoms. The summed E-state index contributed by atoms with van der Waals surface area (Å²) >= 11 is 1.72. The van der Waals surface area contributed by atoms with Crippen LogP contribution in [0.4, 0.5) is 0 Å². The second kappa shape index (κ2) is 6.72. The topological polar surface area (TPSA) is 31.4 Å². The number of hydrogen-bond donors (Lipinski definition) is 0. The van der Waals surface area contributed by atoms with Crippen LogP contribution >= 0.6 is 11.3 Å². The number of aromatic nitrogens is 1. The predicted molar refractivity (Wildman–Crippen MR) is 140 cm³/mol. The van der Waals surface area contributed by atoms with Crippen molar-refractivity contribution in [1.29, 1.82) is 0 Å². The van der Waals surface area contributed by atoms with E-state index in [1.807, 2.05) is 18.2 Å². The van der Waals surface area contributed by atoms with Gasteiger partial charge in [0.1, 0.15) is 28.0 Å². The minimum Gasteiger partial charge on any atom is -0.458 e. The molecule has 0 saturated heterocycles. The fourth-order valence-electron chi connectivity index (χ4n) is 5.32. The Morgan fingerprint density at radius 3 is 2.24 bits per heavy atom. The highest BCUT2D eigenvalue weighted by Gasteiger charge is 2.41. The second-order valence-corrected chi connectivity index (χ2v) is 9.72. The van der Waals surface area contributed by atoms with E-state index >= 15 is 0 Å². The van der Waals surface area contributed by atoms with Crippen LogP contribution in [0.15, 0.2) is 97.1 Å². The fourth-order valence-corrected chi connectivity index (χ4v) is 6.45. The van der Waals surface area contributed by atoms with Crippen LogP contribution in [-0.4, -0.2) is 11.7 Å². The zero-order valence-corrected chi connectivity index (χ0v) is 18.8. The lowest BCUT2D eigenvalue weighted by Gasteiger charge is -2.33. The van der Waals surface area contributed by atoms with Crippen molar-refractivity contribution < 1.29 is 9.47 Å². The summed E-state index contributed by atoms with van der Waals surface area (Å²) in [6, 6.07) is 33.5. The first kappa shape index (κ1) is 18.4. The molecule has 5 aromatic carbocycles. The minimum atomic E-state index is 0.0649. The Bertz CT molecular complexity index is 1780. The molecule has 1 aromatic heterocycles. The van der Waals surface area contributed by atoms with Crippen molar-refractivity contribution in [3.63, 3.8) is 0 Å². The number of benzene rings is 5. The number of thiazole rings is 1. The second-order valence-electron chi connectivity index (χ2n) is 8.72. The van der Waals surface area contributed by atoms with Crippen LogP contribution in [-0.2, 0) is 0 Å². The fraction of sp³-hybridized carbons (Fsp3) is 0. The van der Waals surface area contributed by atoms with Crippen LogP contribution in [0.1, 0.15) is 0 Å². The molecule has 8 rings (SSSR count). The molecule has 0 bridgehead atoms. The average Bonchev–Trinajstić information content (AvgIpc) is 3.33. The van der Waals surface area contributed by atoms with Crippen LogP contribution in [0.25, 0.3) is 31.6 Å². The van der Waals surface area contributed by atoms with Gasteiger partial charge in [0.25, 0.3) is 6.71 Å². The number of rotatable bonds is 1. The average molecular weight is 453 g/mol. The predicted octanol–water partition coefficient (Wildman–Crippen LogP) is 5.84. The molecule has 2 aliphatic heterocycles. The molecule has 6 aromatic rings. The molecule has 34 heavy (non-hydrogen) atoms. The lowest BCUT2D eigenvalue weighted by Crippen LogP contribution is -2.57. The molecule has 0 aliphatic carbocycles. The summed E-state index contributed by atoms with van der Waals surface area (Å²) in [6.07, 6.45) is 0. The third-order valence-corrected chi connectivity index (χ3v) is 7.98. The normalized spacial score (nSPS) is 13.1. The van der Waals surface area contributed by atoms with E-state index in [2.05, 4.69) is 78.9 Å². The molecule has 0 fully saturated rings. The molecule has 0 unspecified atom stereocenters. The first-order chi connectivity index (χ1) is 16.8. The van der Waals surface area contributed by atoms with E-state index in [4.69, 9.17) is 14.5 Å². The lowest BCUT2D eigenvalue weighted by atomic mass is 9.34. The number of nitrogens with zero attached hydrogens (tertiary/aromatic N) is 1. The van der Waals surface area contributed by atoms with Crippen molar-refractivity contribution in [1.82, 2.24) is 4.98 Å². The third kappa shape index (κ3) is 2.45. The molecule has 0 saturated carbocycles. The van der Waals surface area contributed by atoms with E-state index in [-0.39, 0.29) is 6.71 Å². The van der Waals surface area contributed by atoms with Gasteiger partial charge in [-0.1, -0.05) is 66.7 Å². The summed E-state index contributed by atoms with van der Waals surface area (Å²) in [5, 5.41) is 3.42. The highest BCUT2D eigenvalue weighted by molar-refractivity contribution is 7.22. The van der Waals surface area contributed by atoms with Crippen LogP contribution in [0.3, 0.4) is 0 Å². The molecule has 0 radical (unpaired) electrons. The Morgan fingerprint density at radius 2 is 1.38 bits per heavy atom. The van der Waals surface area contributed by atoms with Crippen molar-refractivity contribution in [2.24, 2.45) is 0 Å². The molecule has 158 valence electrons. The van der Waals surface area contributed by atoms with E-state index in [0.717, 1.165) is 44.5 Å². The molecule has 0 N–H and O–H groups in total. The van der Waals surface area contributed by atoms with Crippen LogP contribution in [0.2, 0.25) is 0 Å². The molecule has 2 aliphatic rings. The van der Waals surface area contributed by atoms with Crippen molar-refractivity contribution in [3.05, 3.63) is 97.1 Å². The number of hydrogen-bond acceptors (Lipinski definition) is 4. The molecule has 5 heteroatoms. The molecule has 3 heterocycles. The van der Waals surface area contributed by atoms with Crippen LogP contribution < -0.4 is 25.9 Å². The minimum absolute atomic E-state index is 0.0649. The van der Waals surface area contributed by atoms with E-state index < -0.39 is 0 Å². The maximum atomic E-state index is 6.59. The van der Waals surface area contributed by atoms with E-state index in [1.165, 1.54) is 26.4 Å². The van der Waals surface area contributed by atoms with Crippen LogP contribution in [0.5, 0.6) is 23.0 Å². The van der Waals surface area contributed by atoms with Gasteiger partial charge in [0.2, 0.25) is 0 Å². The number of para-hydroxylation sites is 2. The zero-order valence-electron chi connectivity index (χ0n) is 18.0. The van der Waals surface area contributed by atoms with Gasteiger partial charge in [0.05, 0.1) is 15.8 Å². The van der Waals surface area contributed by atoms with Gasteiger partial charge in [-0.3, -0.25) is 0 Å². The summed E-state index contributed by atoms with van der Waals surface area (Å²) in [4.78, 5) is 5.04. The Balaban J connectivity index is 1.40. The Hall–Kier alpha value is -4.09. The summed E-state index contributed by atoms with van der Waals surface area (Å²) < 4.78 is 14.1. The number of fused-ring (bicyclic) bond motifs is 7. The Kier molecular flexibility index (Phi) is 3.63. The molecular formula is C29H16BNO2S. The monoisotopic (exact) mass is 453 g/mol. The van der Waals surface area contributed by atoms with Gasteiger partial charge >= 0.3 is 0 Å². The van der Waals surface area contributed by atoms with Gasteiger partial charge < -0.3 is 9.47 Å². The maximum absolute atomic E-state index is 6.59. The summed E-state index contributed by atoms with van der Waals surface area (Å²) in [5.41, 5.74) is 5.43. The summed E-state index contributed by atoms with van der Waals surface area (Å²) in [7, 11) is 0. The Labute approximate surface area is 200 Å². The standard InChI is InChI=1S/C29H16BNO2S/c1-2-8-18-17(7-1)13-15-22-28(18)34-29(31-22)19-14-16-25-26-27(19)33-24-12-6-4-10-21(24)30(26)20-9-3-5-11-23(20)32-25/h1-16H.